The first kappa shape index (κ1) is 22.3. The summed E-state index contributed by atoms with van der Waals surface area (Å²) < 4.78 is 16.9. The number of esters is 1. The van der Waals surface area contributed by atoms with Crippen LogP contribution in [-0.4, -0.2) is 30.6 Å². The number of carbonyl (C=O) groups is 1. The van der Waals surface area contributed by atoms with Crippen LogP contribution in [0.1, 0.15) is 50.9 Å². The molecule has 0 radical (unpaired) electrons. The number of methoxy groups -OCH3 is 1. The molecule has 1 saturated heterocycles. The number of carbonyl (C=O) groups excluding carboxylic acids is 1. The van der Waals surface area contributed by atoms with Crippen molar-refractivity contribution in [2.75, 3.05) is 13.7 Å². The predicted octanol–water partition coefficient (Wildman–Crippen LogP) is 5.60. The fraction of sp³-hybridized carbons (Fsp3) is 0.536. The lowest BCUT2D eigenvalue weighted by molar-refractivity contribution is -0.145. The molecule has 5 rings (SSSR count). The summed E-state index contributed by atoms with van der Waals surface area (Å²) in [5.41, 5.74) is 2.93. The van der Waals surface area contributed by atoms with Gasteiger partial charge >= 0.3 is 5.97 Å². The van der Waals surface area contributed by atoms with Gasteiger partial charge in [0.1, 0.15) is 17.6 Å². The lowest BCUT2D eigenvalue weighted by Crippen LogP contribution is -2.40. The van der Waals surface area contributed by atoms with Crippen LogP contribution in [0.25, 0.3) is 0 Å². The van der Waals surface area contributed by atoms with Gasteiger partial charge in [0.15, 0.2) is 0 Å². The molecule has 0 spiro atoms. The largest absolute Gasteiger partial charge is 0.497 e. The van der Waals surface area contributed by atoms with Gasteiger partial charge < -0.3 is 13.9 Å². The summed E-state index contributed by atoms with van der Waals surface area (Å²) in [6, 6.07) is 12.0. The molecular formula is C28H35NO4. The molecule has 2 fully saturated rings. The van der Waals surface area contributed by atoms with Crippen LogP contribution in [0, 0.1) is 23.2 Å². The third-order valence-electron chi connectivity index (χ3n) is 8.06. The molecule has 0 N–H and O–H groups in total. The van der Waals surface area contributed by atoms with Crippen LogP contribution < -0.4 is 4.74 Å². The van der Waals surface area contributed by atoms with Gasteiger partial charge in [-0.25, -0.2) is 0 Å². The number of benzene rings is 1. The van der Waals surface area contributed by atoms with Crippen molar-refractivity contribution in [3.63, 3.8) is 0 Å². The molecule has 0 bridgehead atoms. The summed E-state index contributed by atoms with van der Waals surface area (Å²) in [7, 11) is 1.68. The Balaban J connectivity index is 1.38. The van der Waals surface area contributed by atoms with Crippen LogP contribution in [0.2, 0.25) is 0 Å². The van der Waals surface area contributed by atoms with E-state index in [4.69, 9.17) is 13.9 Å². The van der Waals surface area contributed by atoms with E-state index in [2.05, 4.69) is 37.0 Å². The van der Waals surface area contributed by atoms with Gasteiger partial charge in [0, 0.05) is 19.0 Å². The van der Waals surface area contributed by atoms with E-state index in [1.807, 2.05) is 24.3 Å². The van der Waals surface area contributed by atoms with Crippen LogP contribution >= 0.6 is 0 Å². The van der Waals surface area contributed by atoms with Gasteiger partial charge in [-0.1, -0.05) is 44.1 Å². The van der Waals surface area contributed by atoms with Crippen molar-refractivity contribution in [3.8, 4) is 5.75 Å². The number of hydrogen-bond donors (Lipinski definition) is 0. The highest BCUT2D eigenvalue weighted by Crippen LogP contribution is 2.54. The molecule has 5 nitrogen and oxygen atoms in total. The molecule has 1 aromatic carbocycles. The van der Waals surface area contributed by atoms with Gasteiger partial charge in [0.2, 0.25) is 0 Å². The molecule has 0 unspecified atom stereocenters. The van der Waals surface area contributed by atoms with Crippen LogP contribution in [0.5, 0.6) is 5.75 Å². The first-order chi connectivity index (χ1) is 15.9. The van der Waals surface area contributed by atoms with Crippen LogP contribution in [0.4, 0.5) is 0 Å². The number of rotatable bonds is 7. The Kier molecular flexibility index (Phi) is 6.09. The van der Waals surface area contributed by atoms with Crippen molar-refractivity contribution in [2.45, 2.75) is 58.7 Å². The second kappa shape index (κ2) is 9.02. The number of hydrogen-bond acceptors (Lipinski definition) is 5. The third-order valence-corrected chi connectivity index (χ3v) is 8.06. The maximum Gasteiger partial charge on any atom is 0.311 e. The van der Waals surface area contributed by atoms with Gasteiger partial charge in [-0.05, 0) is 60.4 Å². The Morgan fingerprint density at radius 1 is 1.18 bits per heavy atom. The van der Waals surface area contributed by atoms with Gasteiger partial charge in [-0.3, -0.25) is 9.69 Å². The van der Waals surface area contributed by atoms with Crippen LogP contribution in [0.3, 0.4) is 0 Å². The Bertz CT molecular complexity index is 995. The minimum absolute atomic E-state index is 0.00741. The molecule has 3 aliphatic rings. The predicted molar refractivity (Wildman–Crippen MR) is 126 cm³/mol. The maximum atomic E-state index is 13.1. The van der Waals surface area contributed by atoms with Crippen LogP contribution in [0.15, 0.2) is 58.7 Å². The molecular weight excluding hydrogens is 414 g/mol. The normalized spacial score (nSPS) is 31.0. The maximum absolute atomic E-state index is 13.1. The van der Waals surface area contributed by atoms with E-state index in [9.17, 15) is 4.79 Å². The SMILES string of the molecule is COc1ccc(CN(Cc2ccco2)C[C@@H]2C(=O)O[C@@H]3C[C@]4(C)CCC[C@@H](C)C4=C[C@@H]23)cc1. The average molecular weight is 450 g/mol. The number of furan rings is 1. The molecule has 2 heterocycles. The number of ether oxygens (including phenoxy) is 2. The molecule has 1 aromatic heterocycles. The monoisotopic (exact) mass is 449 g/mol. The number of nitrogens with zero attached hydrogens (tertiary/aromatic N) is 1. The molecule has 5 atom stereocenters. The molecule has 1 saturated carbocycles. The molecule has 0 amide bonds. The first-order valence-corrected chi connectivity index (χ1v) is 12.3. The number of allylic oxidation sites excluding steroid dienone is 1. The Labute approximate surface area is 196 Å². The third kappa shape index (κ3) is 4.48. The minimum atomic E-state index is -0.144. The fourth-order valence-electron chi connectivity index (χ4n) is 6.33. The lowest BCUT2D eigenvalue weighted by Gasteiger charge is -2.46. The highest BCUT2D eigenvalue weighted by atomic mass is 16.6. The fourth-order valence-corrected chi connectivity index (χ4v) is 6.33. The zero-order chi connectivity index (χ0) is 23.0. The summed E-state index contributed by atoms with van der Waals surface area (Å²) in [4.78, 5) is 15.4. The molecule has 176 valence electrons. The summed E-state index contributed by atoms with van der Waals surface area (Å²) >= 11 is 0. The van der Waals surface area contributed by atoms with E-state index < -0.39 is 0 Å². The Morgan fingerprint density at radius 2 is 2.00 bits per heavy atom. The van der Waals surface area contributed by atoms with Crippen molar-refractivity contribution in [1.29, 1.82) is 0 Å². The summed E-state index contributed by atoms with van der Waals surface area (Å²) in [5, 5.41) is 0. The Morgan fingerprint density at radius 3 is 2.73 bits per heavy atom. The molecule has 5 heteroatoms. The van der Waals surface area contributed by atoms with Crippen molar-refractivity contribution >= 4 is 5.97 Å². The standard InChI is InChI=1S/C28H35NO4/c1-19-6-4-12-28(2)15-26-23(14-25(19)28)24(27(30)33-26)18-29(17-22-7-5-13-32-22)16-20-8-10-21(31-3)11-9-20/h5,7-11,13-14,19,23-24,26H,4,6,12,15-18H2,1-3H3/t19-,23+,24+,26-,28+/m1/s1. The van der Waals surface area contributed by atoms with E-state index in [1.165, 1.54) is 24.8 Å². The average Bonchev–Trinajstić information content (AvgIpc) is 3.40. The van der Waals surface area contributed by atoms with Crippen molar-refractivity contribution < 1.29 is 18.7 Å². The second-order valence-corrected chi connectivity index (χ2v) is 10.4. The number of fused-ring (bicyclic) bond motifs is 2. The highest BCUT2D eigenvalue weighted by molar-refractivity contribution is 5.76. The van der Waals surface area contributed by atoms with E-state index in [0.29, 0.717) is 19.0 Å². The van der Waals surface area contributed by atoms with Crippen molar-refractivity contribution in [2.24, 2.45) is 23.2 Å². The topological polar surface area (TPSA) is 51.9 Å². The van der Waals surface area contributed by atoms with E-state index in [1.54, 1.807) is 18.9 Å². The summed E-state index contributed by atoms with van der Waals surface area (Å²) in [6.07, 6.45) is 8.84. The van der Waals surface area contributed by atoms with E-state index in [-0.39, 0.29) is 29.3 Å². The quantitative estimate of drug-likeness (QED) is 0.407. The van der Waals surface area contributed by atoms with Crippen molar-refractivity contribution in [3.05, 3.63) is 65.6 Å². The summed E-state index contributed by atoms with van der Waals surface area (Å²) in [5.74, 6) is 2.32. The van der Waals surface area contributed by atoms with Gasteiger partial charge in [0.25, 0.3) is 0 Å². The highest BCUT2D eigenvalue weighted by Gasteiger charge is 2.51. The first-order valence-electron chi connectivity index (χ1n) is 12.3. The smallest absolute Gasteiger partial charge is 0.311 e. The van der Waals surface area contributed by atoms with Crippen LogP contribution in [-0.2, 0) is 22.6 Å². The Hall–Kier alpha value is -2.53. The minimum Gasteiger partial charge on any atom is -0.497 e. The van der Waals surface area contributed by atoms with Gasteiger partial charge in [0.05, 0.1) is 25.8 Å². The molecule has 33 heavy (non-hydrogen) atoms. The van der Waals surface area contributed by atoms with E-state index in [0.717, 1.165) is 24.5 Å². The molecule has 2 aromatic rings. The summed E-state index contributed by atoms with van der Waals surface area (Å²) in [6.45, 7) is 6.77. The lowest BCUT2D eigenvalue weighted by atomic mass is 9.59. The zero-order valence-electron chi connectivity index (χ0n) is 20.0. The van der Waals surface area contributed by atoms with E-state index >= 15 is 0 Å². The molecule has 2 aliphatic carbocycles. The molecule has 1 aliphatic heterocycles. The second-order valence-electron chi connectivity index (χ2n) is 10.4. The van der Waals surface area contributed by atoms with Crippen molar-refractivity contribution in [1.82, 2.24) is 4.90 Å². The zero-order valence-corrected chi connectivity index (χ0v) is 20.0. The van der Waals surface area contributed by atoms with Gasteiger partial charge in [-0.15, -0.1) is 0 Å². The van der Waals surface area contributed by atoms with Gasteiger partial charge in [-0.2, -0.15) is 0 Å².